The summed E-state index contributed by atoms with van der Waals surface area (Å²) >= 11 is 0. The molecule has 0 amide bonds. The van der Waals surface area contributed by atoms with E-state index in [1.54, 1.807) is 6.08 Å². The van der Waals surface area contributed by atoms with Crippen LogP contribution >= 0.6 is 0 Å². The summed E-state index contributed by atoms with van der Waals surface area (Å²) in [7, 11) is 0. The van der Waals surface area contributed by atoms with Crippen molar-refractivity contribution in [2.24, 2.45) is 5.41 Å². The average molecular weight is 373 g/mol. The van der Waals surface area contributed by atoms with E-state index in [4.69, 9.17) is 0 Å². The van der Waals surface area contributed by atoms with Crippen LogP contribution in [-0.4, -0.2) is 33.7 Å². The van der Waals surface area contributed by atoms with Crippen LogP contribution in [0, 0.1) is 5.41 Å². The lowest BCUT2D eigenvalue weighted by Gasteiger charge is -2.38. The van der Waals surface area contributed by atoms with Crippen molar-refractivity contribution in [3.8, 4) is 0 Å². The van der Waals surface area contributed by atoms with Gasteiger partial charge >= 0.3 is 0 Å². The minimum atomic E-state index is -0.511. The summed E-state index contributed by atoms with van der Waals surface area (Å²) in [6.07, 6.45) is 1.66. The first-order valence-electron chi connectivity index (χ1n) is 9.43. The molecule has 3 aromatic rings. The Morgan fingerprint density at radius 1 is 1.07 bits per heavy atom. The number of fused-ring (bicyclic) bond motifs is 1. The fourth-order valence-corrected chi connectivity index (χ4v) is 3.81. The third kappa shape index (κ3) is 3.66. The lowest BCUT2D eigenvalue weighted by Crippen LogP contribution is -2.47. The zero-order valence-electron chi connectivity index (χ0n) is 16.1. The summed E-state index contributed by atoms with van der Waals surface area (Å²) in [5.74, 6) is 0.0752. The zero-order chi connectivity index (χ0) is 19.7. The van der Waals surface area contributed by atoms with Gasteiger partial charge in [0.15, 0.2) is 5.78 Å². The highest BCUT2D eigenvalue weighted by Gasteiger charge is 2.37. The molecule has 1 saturated heterocycles. The van der Waals surface area contributed by atoms with E-state index in [1.165, 1.54) is 5.56 Å². The Bertz CT molecular complexity index is 1110. The minimum absolute atomic E-state index is 0.0752. The molecule has 0 radical (unpaired) electrons. The first kappa shape index (κ1) is 18.3. The van der Waals surface area contributed by atoms with Crippen LogP contribution in [0.2, 0.25) is 0 Å². The number of nitrogens with one attached hydrogen (secondary N) is 1. The summed E-state index contributed by atoms with van der Waals surface area (Å²) in [4.78, 5) is 35.0. The third-order valence-corrected chi connectivity index (χ3v) is 5.10. The Balaban J connectivity index is 1.69. The molecule has 5 nitrogen and oxygen atoms in total. The molecule has 1 fully saturated rings. The van der Waals surface area contributed by atoms with E-state index in [2.05, 4.69) is 27.0 Å². The van der Waals surface area contributed by atoms with Gasteiger partial charge in [-0.2, -0.15) is 0 Å². The van der Waals surface area contributed by atoms with Gasteiger partial charge in [0, 0.05) is 30.6 Å². The highest BCUT2D eigenvalue weighted by Crippen LogP contribution is 2.30. The Labute approximate surface area is 163 Å². The van der Waals surface area contributed by atoms with Crippen LogP contribution in [0.1, 0.15) is 25.1 Å². The summed E-state index contributed by atoms with van der Waals surface area (Å²) in [6, 6.07) is 17.6. The summed E-state index contributed by atoms with van der Waals surface area (Å²) in [5, 5.41) is 0. The normalized spacial score (nSPS) is 18.6. The second-order valence-electron chi connectivity index (χ2n) is 7.98. The number of piperidine rings is 1. The van der Waals surface area contributed by atoms with Crippen LogP contribution in [0.3, 0.4) is 0 Å². The lowest BCUT2D eigenvalue weighted by atomic mass is 9.79. The van der Waals surface area contributed by atoms with Crippen molar-refractivity contribution in [1.29, 1.82) is 0 Å². The maximum atomic E-state index is 13.0. The lowest BCUT2D eigenvalue weighted by molar-refractivity contribution is -0.126. The van der Waals surface area contributed by atoms with Crippen molar-refractivity contribution in [2.45, 2.75) is 20.4 Å². The largest absolute Gasteiger partial charge is 0.319 e. The van der Waals surface area contributed by atoms with Gasteiger partial charge in [0.05, 0.1) is 11.0 Å². The van der Waals surface area contributed by atoms with Crippen molar-refractivity contribution in [2.75, 3.05) is 13.1 Å². The van der Waals surface area contributed by atoms with Crippen LogP contribution in [0.4, 0.5) is 0 Å². The predicted octanol–water partition coefficient (Wildman–Crippen LogP) is 3.42. The molecular formula is C23H23N3O2. The Hall–Kier alpha value is -3.05. The highest BCUT2D eigenvalue weighted by atomic mass is 16.1. The van der Waals surface area contributed by atoms with Gasteiger partial charge in [-0.1, -0.05) is 56.3 Å². The van der Waals surface area contributed by atoms with E-state index in [9.17, 15) is 9.59 Å². The van der Waals surface area contributed by atoms with Gasteiger partial charge in [-0.25, -0.2) is 4.98 Å². The van der Waals surface area contributed by atoms with Crippen LogP contribution in [0.25, 0.3) is 17.1 Å². The van der Waals surface area contributed by atoms with Crippen molar-refractivity contribution in [1.82, 2.24) is 14.9 Å². The number of para-hydroxylation sites is 2. The molecule has 4 rings (SSSR count). The van der Waals surface area contributed by atoms with Crippen LogP contribution in [0.5, 0.6) is 0 Å². The number of carbonyl (C=O) groups is 1. The number of Topliss-reactive ketones (excluding diaryl/α,β-unsaturated/α-hetero) is 1. The number of benzene rings is 2. The molecule has 0 atom stereocenters. The first-order chi connectivity index (χ1) is 13.4. The molecule has 1 aliphatic rings. The van der Waals surface area contributed by atoms with Gasteiger partial charge < -0.3 is 4.98 Å². The second kappa shape index (κ2) is 7.17. The first-order valence-corrected chi connectivity index (χ1v) is 9.43. The summed E-state index contributed by atoms with van der Waals surface area (Å²) in [5.41, 5.74) is 2.71. The fraction of sp³-hybridized carbons (Fsp3) is 0.261. The van der Waals surface area contributed by atoms with E-state index in [-0.39, 0.29) is 17.0 Å². The highest BCUT2D eigenvalue weighted by molar-refractivity contribution is 6.04. The maximum Gasteiger partial charge on any atom is 0.274 e. The number of carbonyl (C=O) groups excluding carboxylic acids is 1. The Morgan fingerprint density at radius 3 is 2.57 bits per heavy atom. The molecule has 2 aromatic carbocycles. The van der Waals surface area contributed by atoms with Gasteiger partial charge in [-0.3, -0.25) is 14.5 Å². The van der Waals surface area contributed by atoms with Gasteiger partial charge in [-0.15, -0.1) is 0 Å². The molecule has 0 spiro atoms. The maximum absolute atomic E-state index is 13.0. The molecule has 0 aliphatic carbocycles. The topological polar surface area (TPSA) is 66.1 Å². The van der Waals surface area contributed by atoms with Crippen LogP contribution in [0.15, 0.2) is 65.0 Å². The van der Waals surface area contributed by atoms with Gasteiger partial charge in [0.2, 0.25) is 0 Å². The molecule has 5 heteroatoms. The van der Waals surface area contributed by atoms with Gasteiger partial charge in [0.1, 0.15) is 5.69 Å². The second-order valence-corrected chi connectivity index (χ2v) is 7.98. The summed E-state index contributed by atoms with van der Waals surface area (Å²) < 4.78 is 0. The van der Waals surface area contributed by atoms with E-state index >= 15 is 0 Å². The molecular weight excluding hydrogens is 350 g/mol. The third-order valence-electron chi connectivity index (χ3n) is 5.10. The SMILES string of the molecule is CC1(C)CN(Cc2ccccc2)C/C(=C\c2nc3ccccc3[nH]c2=O)C1=O. The minimum Gasteiger partial charge on any atom is -0.319 e. The number of aromatic nitrogens is 2. The number of H-pyrrole nitrogens is 1. The molecule has 28 heavy (non-hydrogen) atoms. The van der Waals surface area contributed by atoms with Crippen molar-refractivity contribution in [3.63, 3.8) is 0 Å². The number of hydrogen-bond donors (Lipinski definition) is 1. The number of ketones is 1. The standard InChI is InChI=1S/C23H23N3O2/c1-23(2)15-26(13-16-8-4-3-5-9-16)14-17(21(23)27)12-20-22(28)25-19-11-7-6-10-18(19)24-20/h3-12H,13-15H2,1-2H3,(H,25,28)/b17-12+. The zero-order valence-corrected chi connectivity index (χ0v) is 16.1. The molecule has 0 unspecified atom stereocenters. The predicted molar refractivity (Wildman–Crippen MR) is 111 cm³/mol. The van der Waals surface area contributed by atoms with E-state index in [1.807, 2.05) is 56.3 Å². The molecule has 142 valence electrons. The van der Waals surface area contributed by atoms with Crippen LogP contribution < -0.4 is 5.56 Å². The van der Waals surface area contributed by atoms with E-state index in [0.717, 1.165) is 6.54 Å². The molecule has 0 saturated carbocycles. The van der Waals surface area contributed by atoms with Crippen molar-refractivity contribution in [3.05, 3.63) is 81.8 Å². The number of nitrogens with zero attached hydrogens (tertiary/aromatic N) is 2. The average Bonchev–Trinajstić information content (AvgIpc) is 2.67. The van der Waals surface area contributed by atoms with Crippen molar-refractivity contribution < 1.29 is 4.79 Å². The smallest absolute Gasteiger partial charge is 0.274 e. The Kier molecular flexibility index (Phi) is 4.69. The molecule has 0 bridgehead atoms. The van der Waals surface area contributed by atoms with Gasteiger partial charge in [-0.05, 0) is 23.8 Å². The molecule has 1 N–H and O–H groups in total. The number of aromatic amines is 1. The van der Waals surface area contributed by atoms with E-state index in [0.29, 0.717) is 29.7 Å². The summed E-state index contributed by atoms with van der Waals surface area (Å²) in [6.45, 7) is 5.86. The Morgan fingerprint density at radius 2 is 1.79 bits per heavy atom. The molecule has 2 heterocycles. The van der Waals surface area contributed by atoms with Crippen molar-refractivity contribution >= 4 is 22.9 Å². The monoisotopic (exact) mass is 373 g/mol. The number of likely N-dealkylation sites (tertiary alicyclic amines) is 1. The van der Waals surface area contributed by atoms with E-state index < -0.39 is 5.41 Å². The quantitative estimate of drug-likeness (QED) is 0.715. The molecule has 1 aromatic heterocycles. The fourth-order valence-electron chi connectivity index (χ4n) is 3.81. The number of rotatable bonds is 3. The molecule has 1 aliphatic heterocycles. The van der Waals surface area contributed by atoms with Crippen LogP contribution in [-0.2, 0) is 11.3 Å². The van der Waals surface area contributed by atoms with Gasteiger partial charge in [0.25, 0.3) is 5.56 Å². The number of hydrogen-bond acceptors (Lipinski definition) is 4.